The zero-order valence-electron chi connectivity index (χ0n) is 15.9. The number of rotatable bonds is 0. The Hall–Kier alpha value is -1.77. The van der Waals surface area contributed by atoms with Crippen molar-refractivity contribution in [2.75, 3.05) is 0 Å². The summed E-state index contributed by atoms with van der Waals surface area (Å²) in [5.74, 6) is -0.266. The van der Waals surface area contributed by atoms with Gasteiger partial charge < -0.3 is 0 Å². The van der Waals surface area contributed by atoms with Crippen LogP contribution in [0.1, 0.15) is 66.5 Å². The average molecular weight is 319 g/mol. The molecule has 0 aliphatic heterocycles. The number of pyridine rings is 2. The van der Waals surface area contributed by atoms with Crippen molar-refractivity contribution in [3.63, 3.8) is 0 Å². The molecule has 2 aromatic heterocycles. The zero-order chi connectivity index (χ0) is 18.1. The number of nitrogens with zero attached hydrogens (tertiary/aromatic N) is 1. The summed E-state index contributed by atoms with van der Waals surface area (Å²) in [6.45, 7) is 16.7. The van der Waals surface area contributed by atoms with Gasteiger partial charge in [-0.1, -0.05) is 55.4 Å². The Kier molecular flexibility index (Phi) is 8.66. The molecule has 0 aliphatic rings. The van der Waals surface area contributed by atoms with Gasteiger partial charge in [0.15, 0.2) is 12.4 Å². The smallest absolute Gasteiger partial charge is 0.170 e. The number of aromatic nitrogens is 2. The first-order chi connectivity index (χ1) is 10.6. The highest BCUT2D eigenvalue weighted by atomic mass is 19.1. The van der Waals surface area contributed by atoms with Crippen molar-refractivity contribution in [1.29, 1.82) is 0 Å². The SMILES string of the molecule is CC.CC(C)(C)c1ccc[nH+]c1.CC(C)(C)c1cncc(F)c1. The van der Waals surface area contributed by atoms with Crippen molar-refractivity contribution < 1.29 is 9.37 Å². The topological polar surface area (TPSA) is 27.0 Å². The molecule has 0 aliphatic carbocycles. The van der Waals surface area contributed by atoms with Crippen molar-refractivity contribution in [2.24, 2.45) is 0 Å². The Morgan fingerprint density at radius 1 is 0.913 bits per heavy atom. The molecule has 0 amide bonds. The Morgan fingerprint density at radius 2 is 1.48 bits per heavy atom. The summed E-state index contributed by atoms with van der Waals surface area (Å²) in [5, 5.41) is 0. The largest absolute Gasteiger partial charge is 0.261 e. The minimum absolute atomic E-state index is 0.0188. The standard InChI is InChI=1S/C9H12FN.C9H13N.C2H6/c1-9(2,3)7-4-8(10)6-11-5-7;1-9(2,3)8-5-4-6-10-7-8;1-2/h4-6H,1-3H3;4-7H,1-3H3;1-2H3/p+1. The van der Waals surface area contributed by atoms with Crippen LogP contribution in [0.5, 0.6) is 0 Å². The van der Waals surface area contributed by atoms with Crippen LogP contribution in [0.2, 0.25) is 0 Å². The van der Waals surface area contributed by atoms with Gasteiger partial charge in [-0.05, 0) is 28.5 Å². The molecule has 3 heteroatoms. The second-order valence-corrected chi connectivity index (χ2v) is 7.18. The van der Waals surface area contributed by atoms with Gasteiger partial charge in [0.2, 0.25) is 0 Å². The third-order valence-electron chi connectivity index (χ3n) is 3.14. The van der Waals surface area contributed by atoms with Gasteiger partial charge in [0, 0.05) is 17.8 Å². The van der Waals surface area contributed by atoms with Crippen molar-refractivity contribution >= 4 is 0 Å². The fraction of sp³-hybridized carbons (Fsp3) is 0.500. The van der Waals surface area contributed by atoms with E-state index in [0.717, 1.165) is 5.56 Å². The molecule has 23 heavy (non-hydrogen) atoms. The maximum atomic E-state index is 12.6. The van der Waals surface area contributed by atoms with E-state index in [2.05, 4.69) is 36.8 Å². The molecule has 0 aromatic carbocycles. The average Bonchev–Trinajstić information content (AvgIpc) is 2.49. The fourth-order valence-electron chi connectivity index (χ4n) is 1.68. The van der Waals surface area contributed by atoms with Crippen LogP contribution in [0, 0.1) is 5.82 Å². The predicted molar refractivity (Wildman–Crippen MR) is 95.9 cm³/mol. The summed E-state index contributed by atoms with van der Waals surface area (Å²) in [6, 6.07) is 5.68. The highest BCUT2D eigenvalue weighted by Gasteiger charge is 2.14. The van der Waals surface area contributed by atoms with E-state index < -0.39 is 0 Å². The summed E-state index contributed by atoms with van der Waals surface area (Å²) in [6.07, 6.45) is 6.88. The van der Waals surface area contributed by atoms with Crippen LogP contribution in [-0.4, -0.2) is 4.98 Å². The highest BCUT2D eigenvalue weighted by molar-refractivity contribution is 5.18. The van der Waals surface area contributed by atoms with Crippen molar-refractivity contribution in [3.8, 4) is 0 Å². The number of aromatic amines is 1. The Bertz CT molecular complexity index is 552. The first-order valence-corrected chi connectivity index (χ1v) is 8.18. The van der Waals surface area contributed by atoms with Crippen LogP contribution >= 0.6 is 0 Å². The summed E-state index contributed by atoms with van der Waals surface area (Å²) in [5.41, 5.74) is 2.51. The number of nitrogens with one attached hydrogen (secondary N) is 1. The highest BCUT2D eigenvalue weighted by Crippen LogP contribution is 2.21. The molecular weight excluding hydrogens is 287 g/mol. The molecule has 0 spiro atoms. The van der Waals surface area contributed by atoms with E-state index in [-0.39, 0.29) is 16.6 Å². The van der Waals surface area contributed by atoms with Crippen LogP contribution in [0.15, 0.2) is 43.0 Å². The van der Waals surface area contributed by atoms with E-state index in [0.29, 0.717) is 0 Å². The summed E-state index contributed by atoms with van der Waals surface area (Å²) in [7, 11) is 0. The summed E-state index contributed by atoms with van der Waals surface area (Å²) in [4.78, 5) is 6.84. The molecule has 2 nitrogen and oxygen atoms in total. The van der Waals surface area contributed by atoms with Crippen LogP contribution in [0.3, 0.4) is 0 Å². The lowest BCUT2D eigenvalue weighted by Gasteiger charge is -2.17. The van der Waals surface area contributed by atoms with Crippen LogP contribution < -0.4 is 4.98 Å². The molecule has 0 saturated heterocycles. The van der Waals surface area contributed by atoms with Crippen LogP contribution in [0.4, 0.5) is 4.39 Å². The van der Waals surface area contributed by atoms with Gasteiger partial charge >= 0.3 is 0 Å². The van der Waals surface area contributed by atoms with Gasteiger partial charge in [-0.3, -0.25) is 4.98 Å². The lowest BCUT2D eigenvalue weighted by molar-refractivity contribution is -0.379. The number of halogens is 1. The van der Waals surface area contributed by atoms with E-state index in [1.165, 1.54) is 17.8 Å². The number of H-pyrrole nitrogens is 1. The Labute approximate surface area is 141 Å². The van der Waals surface area contributed by atoms with E-state index >= 15 is 0 Å². The third-order valence-corrected chi connectivity index (χ3v) is 3.14. The van der Waals surface area contributed by atoms with Gasteiger partial charge in [0.25, 0.3) is 0 Å². The molecule has 2 heterocycles. The number of hydrogen-bond donors (Lipinski definition) is 0. The van der Waals surface area contributed by atoms with E-state index in [1.807, 2.05) is 53.1 Å². The molecule has 2 rings (SSSR count). The van der Waals surface area contributed by atoms with E-state index in [4.69, 9.17) is 0 Å². The molecule has 0 unspecified atom stereocenters. The molecule has 0 saturated carbocycles. The van der Waals surface area contributed by atoms with Gasteiger partial charge in [0.05, 0.1) is 6.20 Å². The molecular formula is C20H32FN2+. The fourth-order valence-corrected chi connectivity index (χ4v) is 1.68. The maximum Gasteiger partial charge on any atom is 0.170 e. The second-order valence-electron chi connectivity index (χ2n) is 7.18. The second kappa shape index (κ2) is 9.39. The molecule has 0 fully saturated rings. The summed E-state index contributed by atoms with van der Waals surface area (Å²) >= 11 is 0. The predicted octanol–water partition coefficient (Wildman–Crippen LogP) is 5.34. The van der Waals surface area contributed by atoms with Crippen LogP contribution in [0.25, 0.3) is 0 Å². The normalized spacial score (nSPS) is 10.8. The molecule has 0 bridgehead atoms. The van der Waals surface area contributed by atoms with Crippen LogP contribution in [-0.2, 0) is 10.8 Å². The minimum atomic E-state index is -0.266. The van der Waals surface area contributed by atoms with Crippen molar-refractivity contribution in [2.45, 2.75) is 66.2 Å². The van der Waals surface area contributed by atoms with Gasteiger partial charge in [-0.2, -0.15) is 0 Å². The van der Waals surface area contributed by atoms with Crippen molar-refractivity contribution in [3.05, 3.63) is 59.9 Å². The molecule has 128 valence electrons. The first kappa shape index (κ1) is 21.2. The lowest BCUT2D eigenvalue weighted by atomic mass is 9.88. The molecule has 0 radical (unpaired) electrons. The summed E-state index contributed by atoms with van der Waals surface area (Å²) < 4.78 is 12.6. The monoisotopic (exact) mass is 319 g/mol. The van der Waals surface area contributed by atoms with E-state index in [9.17, 15) is 4.39 Å². The van der Waals surface area contributed by atoms with Gasteiger partial charge in [0.1, 0.15) is 5.82 Å². The first-order valence-electron chi connectivity index (χ1n) is 8.18. The molecule has 0 atom stereocenters. The van der Waals surface area contributed by atoms with Gasteiger partial charge in [-0.15, -0.1) is 0 Å². The van der Waals surface area contributed by atoms with Crippen molar-refractivity contribution in [1.82, 2.24) is 4.98 Å². The number of hydrogen-bond acceptors (Lipinski definition) is 1. The maximum absolute atomic E-state index is 12.6. The third kappa shape index (κ3) is 8.44. The van der Waals surface area contributed by atoms with E-state index in [1.54, 1.807) is 6.20 Å². The Balaban J connectivity index is 0.000000381. The quantitative estimate of drug-likeness (QED) is 0.643. The molecule has 1 N–H and O–H groups in total. The minimum Gasteiger partial charge on any atom is -0.261 e. The lowest BCUT2D eigenvalue weighted by Crippen LogP contribution is -2.14. The molecule has 2 aromatic rings. The zero-order valence-corrected chi connectivity index (χ0v) is 15.9. The van der Waals surface area contributed by atoms with Gasteiger partial charge in [-0.25, -0.2) is 9.37 Å². The Morgan fingerprint density at radius 3 is 1.78 bits per heavy atom.